The molecule has 0 bridgehead atoms. The molecule has 1 saturated carbocycles. The van der Waals surface area contributed by atoms with E-state index in [1.807, 2.05) is 0 Å². The minimum Gasteiger partial charge on any atom is -0.380 e. The van der Waals surface area contributed by atoms with Crippen molar-refractivity contribution in [1.82, 2.24) is 5.32 Å². The zero-order valence-electron chi connectivity index (χ0n) is 12.3. The van der Waals surface area contributed by atoms with Crippen molar-refractivity contribution in [3.05, 3.63) is 35.4 Å². The van der Waals surface area contributed by atoms with Crippen molar-refractivity contribution >= 4 is 0 Å². The maximum Gasteiger partial charge on any atom is 0.0716 e. The summed E-state index contributed by atoms with van der Waals surface area (Å²) in [6.07, 6.45) is 6.88. The van der Waals surface area contributed by atoms with Crippen molar-refractivity contribution in [2.24, 2.45) is 5.92 Å². The Kier molecular flexibility index (Phi) is 5.87. The van der Waals surface area contributed by atoms with Gasteiger partial charge in [0.15, 0.2) is 0 Å². The van der Waals surface area contributed by atoms with Gasteiger partial charge in [-0.3, -0.25) is 0 Å². The van der Waals surface area contributed by atoms with Gasteiger partial charge in [-0.2, -0.15) is 0 Å². The number of hydrogen-bond donors (Lipinski definition) is 1. The molecule has 0 heterocycles. The van der Waals surface area contributed by atoms with E-state index in [0.29, 0.717) is 12.6 Å². The van der Waals surface area contributed by atoms with Crippen LogP contribution in [0.25, 0.3) is 0 Å². The summed E-state index contributed by atoms with van der Waals surface area (Å²) < 4.78 is 5.27. The minimum absolute atomic E-state index is 0.679. The number of hydrogen-bond acceptors (Lipinski definition) is 2. The highest BCUT2D eigenvalue weighted by molar-refractivity contribution is 5.26. The van der Waals surface area contributed by atoms with Gasteiger partial charge in [0.1, 0.15) is 0 Å². The van der Waals surface area contributed by atoms with Gasteiger partial charge >= 0.3 is 0 Å². The van der Waals surface area contributed by atoms with Crippen LogP contribution in [0.1, 0.15) is 50.2 Å². The highest BCUT2D eigenvalue weighted by atomic mass is 16.5. The fourth-order valence-electron chi connectivity index (χ4n) is 3.06. The van der Waals surface area contributed by atoms with E-state index >= 15 is 0 Å². The van der Waals surface area contributed by atoms with Crippen LogP contribution in [0, 0.1) is 5.92 Å². The van der Waals surface area contributed by atoms with Crippen LogP contribution in [-0.2, 0) is 17.9 Å². The maximum atomic E-state index is 5.27. The molecule has 2 heteroatoms. The van der Waals surface area contributed by atoms with Gasteiger partial charge in [-0.1, -0.05) is 50.5 Å². The van der Waals surface area contributed by atoms with Gasteiger partial charge in [0.25, 0.3) is 0 Å². The molecule has 2 unspecified atom stereocenters. The second-order valence-corrected chi connectivity index (χ2v) is 5.80. The molecule has 2 nitrogen and oxygen atoms in total. The molecule has 2 rings (SSSR count). The van der Waals surface area contributed by atoms with Gasteiger partial charge in [-0.05, 0) is 29.9 Å². The molecule has 0 saturated heterocycles. The molecular formula is C17H27NO. The van der Waals surface area contributed by atoms with Crippen LogP contribution in [0.5, 0.6) is 0 Å². The smallest absolute Gasteiger partial charge is 0.0716 e. The molecule has 0 aromatic heterocycles. The third-order valence-corrected chi connectivity index (χ3v) is 4.33. The summed E-state index contributed by atoms with van der Waals surface area (Å²) in [7, 11) is 1.76. The summed E-state index contributed by atoms with van der Waals surface area (Å²) in [5.41, 5.74) is 2.68. The first-order chi connectivity index (χ1) is 9.31. The monoisotopic (exact) mass is 261 g/mol. The van der Waals surface area contributed by atoms with E-state index in [1.165, 1.54) is 43.2 Å². The Bertz CT molecular complexity index is 377. The summed E-state index contributed by atoms with van der Waals surface area (Å²) in [6, 6.07) is 9.26. The van der Waals surface area contributed by atoms with Crippen LogP contribution in [0.15, 0.2) is 24.3 Å². The van der Waals surface area contributed by atoms with Gasteiger partial charge in [0, 0.05) is 19.7 Å². The molecule has 0 radical (unpaired) electrons. The number of ether oxygens (including phenoxy) is 1. The van der Waals surface area contributed by atoms with E-state index in [1.54, 1.807) is 7.11 Å². The summed E-state index contributed by atoms with van der Waals surface area (Å²) >= 11 is 0. The third-order valence-electron chi connectivity index (χ3n) is 4.33. The summed E-state index contributed by atoms with van der Waals surface area (Å²) in [5.74, 6) is 0.803. The molecule has 1 aromatic rings. The molecule has 1 N–H and O–H groups in total. The standard InChI is InChI=1S/C17H27NO/c1-14-8-4-3-5-11-17(14)18-12-15-9-6-7-10-16(15)13-19-2/h6-7,9-10,14,17-18H,3-5,8,11-13H2,1-2H3. The second-order valence-electron chi connectivity index (χ2n) is 5.80. The van der Waals surface area contributed by atoms with Gasteiger partial charge < -0.3 is 10.1 Å². The Hall–Kier alpha value is -0.860. The van der Waals surface area contributed by atoms with Gasteiger partial charge in [-0.25, -0.2) is 0 Å². The molecule has 19 heavy (non-hydrogen) atoms. The van der Waals surface area contributed by atoms with Crippen LogP contribution in [0.2, 0.25) is 0 Å². The van der Waals surface area contributed by atoms with E-state index in [4.69, 9.17) is 4.74 Å². The zero-order chi connectivity index (χ0) is 13.5. The average molecular weight is 261 g/mol. The molecule has 0 amide bonds. The molecule has 1 aromatic carbocycles. The minimum atomic E-state index is 0.679. The predicted octanol–water partition coefficient (Wildman–Crippen LogP) is 3.89. The Morgan fingerprint density at radius 3 is 2.63 bits per heavy atom. The first-order valence-electron chi connectivity index (χ1n) is 7.60. The molecule has 106 valence electrons. The summed E-state index contributed by atoms with van der Waals surface area (Å²) in [5, 5.41) is 3.77. The fourth-order valence-corrected chi connectivity index (χ4v) is 3.06. The molecule has 1 aliphatic carbocycles. The molecule has 0 aliphatic heterocycles. The maximum absolute atomic E-state index is 5.27. The topological polar surface area (TPSA) is 21.3 Å². The lowest BCUT2D eigenvalue weighted by molar-refractivity contribution is 0.184. The van der Waals surface area contributed by atoms with E-state index in [-0.39, 0.29) is 0 Å². The first-order valence-corrected chi connectivity index (χ1v) is 7.60. The highest BCUT2D eigenvalue weighted by Crippen LogP contribution is 2.23. The van der Waals surface area contributed by atoms with Crippen LogP contribution in [0.3, 0.4) is 0 Å². The van der Waals surface area contributed by atoms with E-state index < -0.39 is 0 Å². The van der Waals surface area contributed by atoms with Gasteiger partial charge in [-0.15, -0.1) is 0 Å². The summed E-state index contributed by atoms with van der Waals surface area (Å²) in [4.78, 5) is 0. The second kappa shape index (κ2) is 7.66. The number of nitrogens with one attached hydrogen (secondary N) is 1. The quantitative estimate of drug-likeness (QED) is 0.812. The van der Waals surface area contributed by atoms with E-state index in [9.17, 15) is 0 Å². The van der Waals surface area contributed by atoms with Crippen LogP contribution in [-0.4, -0.2) is 13.2 Å². The Morgan fingerprint density at radius 1 is 1.11 bits per heavy atom. The lowest BCUT2D eigenvalue weighted by atomic mass is 9.96. The third kappa shape index (κ3) is 4.32. The van der Waals surface area contributed by atoms with E-state index in [0.717, 1.165) is 12.5 Å². The fraction of sp³-hybridized carbons (Fsp3) is 0.647. The predicted molar refractivity (Wildman–Crippen MR) is 80.0 cm³/mol. The molecule has 1 fully saturated rings. The van der Waals surface area contributed by atoms with Crippen molar-refractivity contribution in [3.8, 4) is 0 Å². The van der Waals surface area contributed by atoms with Crippen molar-refractivity contribution in [3.63, 3.8) is 0 Å². The Balaban J connectivity index is 1.93. The van der Waals surface area contributed by atoms with Crippen molar-refractivity contribution < 1.29 is 4.74 Å². The van der Waals surface area contributed by atoms with Crippen molar-refractivity contribution in [2.45, 2.75) is 58.2 Å². The van der Waals surface area contributed by atoms with Crippen LogP contribution in [0.4, 0.5) is 0 Å². The molecule has 0 spiro atoms. The van der Waals surface area contributed by atoms with Crippen molar-refractivity contribution in [2.75, 3.05) is 7.11 Å². The Morgan fingerprint density at radius 2 is 1.84 bits per heavy atom. The van der Waals surface area contributed by atoms with Gasteiger partial charge in [0.05, 0.1) is 6.61 Å². The Labute approximate surface area is 117 Å². The lowest BCUT2D eigenvalue weighted by Gasteiger charge is -2.23. The highest BCUT2D eigenvalue weighted by Gasteiger charge is 2.19. The van der Waals surface area contributed by atoms with Gasteiger partial charge in [0.2, 0.25) is 0 Å². The molecule has 2 atom stereocenters. The average Bonchev–Trinajstić information content (AvgIpc) is 2.63. The lowest BCUT2D eigenvalue weighted by Crippen LogP contribution is -2.34. The number of benzene rings is 1. The summed E-state index contributed by atoms with van der Waals surface area (Å²) in [6.45, 7) is 4.07. The normalized spacial score (nSPS) is 24.1. The number of rotatable bonds is 5. The molecule has 1 aliphatic rings. The van der Waals surface area contributed by atoms with Crippen LogP contribution >= 0.6 is 0 Å². The SMILES string of the molecule is COCc1ccccc1CNC1CCCCCC1C. The molecular weight excluding hydrogens is 234 g/mol. The largest absolute Gasteiger partial charge is 0.380 e. The zero-order valence-corrected chi connectivity index (χ0v) is 12.3. The van der Waals surface area contributed by atoms with Crippen LogP contribution < -0.4 is 5.32 Å². The van der Waals surface area contributed by atoms with E-state index in [2.05, 4.69) is 36.5 Å². The van der Waals surface area contributed by atoms with Crippen molar-refractivity contribution in [1.29, 1.82) is 0 Å². The first kappa shape index (κ1) is 14.5. The number of methoxy groups -OCH3 is 1.